The first-order valence-corrected chi connectivity index (χ1v) is 6.12. The van der Waals surface area contributed by atoms with Crippen LogP contribution < -0.4 is 0 Å². The minimum absolute atomic E-state index is 0.262. The van der Waals surface area contributed by atoms with E-state index in [4.69, 9.17) is 9.47 Å². The van der Waals surface area contributed by atoms with Crippen molar-refractivity contribution in [1.82, 2.24) is 4.90 Å². The summed E-state index contributed by atoms with van der Waals surface area (Å²) < 4.78 is 10.3. The van der Waals surface area contributed by atoms with Crippen molar-refractivity contribution in [1.29, 1.82) is 0 Å². The van der Waals surface area contributed by atoms with Crippen LogP contribution in [-0.2, 0) is 14.3 Å². The molecule has 0 aromatic heterocycles. The van der Waals surface area contributed by atoms with Crippen molar-refractivity contribution in [2.24, 2.45) is 5.92 Å². The Bertz CT molecular complexity index is 526. The normalized spacial score (nSPS) is 25.3. The molecule has 5 heteroatoms. The summed E-state index contributed by atoms with van der Waals surface area (Å²) in [6.07, 6.45) is 2.26. The van der Waals surface area contributed by atoms with Gasteiger partial charge in [0, 0.05) is 0 Å². The first-order chi connectivity index (χ1) is 9.27. The lowest BCUT2D eigenvalue weighted by Crippen LogP contribution is -2.37. The van der Waals surface area contributed by atoms with Gasteiger partial charge in [0.25, 0.3) is 0 Å². The number of cyclic esters (lactones) is 1. The molecule has 0 saturated carbocycles. The van der Waals surface area contributed by atoms with E-state index in [1.165, 1.54) is 6.26 Å². The van der Waals surface area contributed by atoms with Gasteiger partial charge in [-0.05, 0) is 11.6 Å². The average Bonchev–Trinajstić information content (AvgIpc) is 3.07. The van der Waals surface area contributed by atoms with Crippen molar-refractivity contribution in [2.75, 3.05) is 13.2 Å². The number of benzene rings is 1. The zero-order valence-electron chi connectivity index (χ0n) is 10.2. The maximum absolute atomic E-state index is 12.3. The highest BCUT2D eigenvalue weighted by atomic mass is 16.6. The van der Waals surface area contributed by atoms with Crippen molar-refractivity contribution >= 4 is 12.0 Å². The SMILES string of the molecule is O=C1OCCN1C(=O)[C@H]1C=CO[C@H]1c1ccccc1. The van der Waals surface area contributed by atoms with E-state index in [2.05, 4.69) is 0 Å². The van der Waals surface area contributed by atoms with E-state index in [0.717, 1.165) is 10.5 Å². The molecule has 5 nitrogen and oxygen atoms in total. The fourth-order valence-electron chi connectivity index (χ4n) is 2.31. The minimum Gasteiger partial charge on any atom is -0.492 e. The number of imide groups is 1. The van der Waals surface area contributed by atoms with Gasteiger partial charge in [0.05, 0.1) is 12.8 Å². The van der Waals surface area contributed by atoms with Crippen LogP contribution in [0.3, 0.4) is 0 Å². The van der Waals surface area contributed by atoms with Crippen LogP contribution in [0.15, 0.2) is 42.7 Å². The van der Waals surface area contributed by atoms with E-state index in [9.17, 15) is 9.59 Å². The Kier molecular flexibility index (Phi) is 2.95. The summed E-state index contributed by atoms with van der Waals surface area (Å²) in [5, 5.41) is 0. The van der Waals surface area contributed by atoms with Crippen LogP contribution in [0.25, 0.3) is 0 Å². The fourth-order valence-corrected chi connectivity index (χ4v) is 2.31. The maximum atomic E-state index is 12.3. The second kappa shape index (κ2) is 4.76. The molecule has 0 unspecified atom stereocenters. The van der Waals surface area contributed by atoms with E-state index in [-0.39, 0.29) is 18.6 Å². The van der Waals surface area contributed by atoms with Crippen LogP contribution >= 0.6 is 0 Å². The summed E-state index contributed by atoms with van der Waals surface area (Å²) in [6.45, 7) is 0.571. The van der Waals surface area contributed by atoms with Crippen LogP contribution in [0.2, 0.25) is 0 Å². The lowest BCUT2D eigenvalue weighted by atomic mass is 9.96. The Morgan fingerprint density at radius 3 is 2.74 bits per heavy atom. The van der Waals surface area contributed by atoms with Gasteiger partial charge in [-0.25, -0.2) is 9.69 Å². The Balaban J connectivity index is 1.81. The zero-order valence-corrected chi connectivity index (χ0v) is 10.2. The Morgan fingerprint density at radius 2 is 2.05 bits per heavy atom. The second-order valence-corrected chi connectivity index (χ2v) is 4.43. The molecule has 1 aromatic rings. The Hall–Kier alpha value is -2.30. The second-order valence-electron chi connectivity index (χ2n) is 4.43. The van der Waals surface area contributed by atoms with Crippen molar-refractivity contribution in [2.45, 2.75) is 6.10 Å². The quantitative estimate of drug-likeness (QED) is 0.813. The number of ether oxygens (including phenoxy) is 2. The third-order valence-corrected chi connectivity index (χ3v) is 3.28. The number of hydrogen-bond acceptors (Lipinski definition) is 4. The summed E-state index contributed by atoms with van der Waals surface area (Å²) in [5.74, 6) is -0.752. The number of rotatable bonds is 2. The third kappa shape index (κ3) is 2.07. The lowest BCUT2D eigenvalue weighted by molar-refractivity contribution is -0.132. The summed E-state index contributed by atoms with van der Waals surface area (Å²) in [4.78, 5) is 24.9. The van der Waals surface area contributed by atoms with E-state index in [0.29, 0.717) is 6.54 Å². The van der Waals surface area contributed by atoms with Gasteiger partial charge in [0.15, 0.2) is 0 Å². The Labute approximate surface area is 110 Å². The molecule has 2 atom stereocenters. The molecule has 19 heavy (non-hydrogen) atoms. The van der Waals surface area contributed by atoms with E-state index in [1.807, 2.05) is 30.3 Å². The van der Waals surface area contributed by atoms with Crippen LogP contribution in [0.4, 0.5) is 4.79 Å². The molecule has 3 rings (SSSR count). The fraction of sp³-hybridized carbons (Fsp3) is 0.286. The zero-order chi connectivity index (χ0) is 13.2. The molecule has 2 aliphatic rings. The largest absolute Gasteiger partial charge is 0.492 e. The van der Waals surface area contributed by atoms with Gasteiger partial charge in [-0.2, -0.15) is 0 Å². The van der Waals surface area contributed by atoms with Gasteiger partial charge in [-0.15, -0.1) is 0 Å². The molecule has 2 aliphatic heterocycles. The van der Waals surface area contributed by atoms with Gasteiger partial charge >= 0.3 is 6.09 Å². The van der Waals surface area contributed by atoms with Gasteiger partial charge in [-0.1, -0.05) is 30.3 Å². The van der Waals surface area contributed by atoms with E-state index in [1.54, 1.807) is 6.08 Å². The summed E-state index contributed by atoms with van der Waals surface area (Å²) >= 11 is 0. The molecular formula is C14H13NO4. The molecule has 2 amide bonds. The standard InChI is InChI=1S/C14H13NO4/c16-13(15-7-9-19-14(15)17)11-6-8-18-12(11)10-4-2-1-3-5-10/h1-6,8,11-12H,7,9H2/t11-,12-/m0/s1. The molecule has 0 spiro atoms. The molecule has 2 heterocycles. The first-order valence-electron chi connectivity index (χ1n) is 6.12. The van der Waals surface area contributed by atoms with Crippen LogP contribution in [0, 0.1) is 5.92 Å². The molecule has 1 saturated heterocycles. The maximum Gasteiger partial charge on any atom is 0.416 e. The molecule has 1 aromatic carbocycles. The molecule has 0 aliphatic carbocycles. The topological polar surface area (TPSA) is 55.8 Å². The van der Waals surface area contributed by atoms with Crippen LogP contribution in [0.1, 0.15) is 11.7 Å². The highest BCUT2D eigenvalue weighted by Gasteiger charge is 2.39. The van der Waals surface area contributed by atoms with Crippen LogP contribution in [0.5, 0.6) is 0 Å². The molecule has 0 bridgehead atoms. The Morgan fingerprint density at radius 1 is 1.26 bits per heavy atom. The number of carbonyl (C=O) groups is 2. The molecule has 98 valence electrons. The number of nitrogens with zero attached hydrogens (tertiary/aromatic N) is 1. The molecular weight excluding hydrogens is 246 g/mol. The van der Waals surface area contributed by atoms with Gasteiger partial charge in [0.1, 0.15) is 18.6 Å². The minimum atomic E-state index is -0.572. The van der Waals surface area contributed by atoms with Crippen LogP contribution in [-0.4, -0.2) is 30.1 Å². The number of hydrogen-bond donors (Lipinski definition) is 0. The summed E-state index contributed by atoms with van der Waals surface area (Å²) in [7, 11) is 0. The van der Waals surface area contributed by atoms with Crippen molar-refractivity contribution < 1.29 is 19.1 Å². The predicted molar refractivity (Wildman–Crippen MR) is 66.0 cm³/mol. The van der Waals surface area contributed by atoms with E-state index >= 15 is 0 Å². The summed E-state index contributed by atoms with van der Waals surface area (Å²) in [5.41, 5.74) is 0.915. The van der Waals surface area contributed by atoms with Crippen molar-refractivity contribution in [3.63, 3.8) is 0 Å². The van der Waals surface area contributed by atoms with Gasteiger partial charge in [-0.3, -0.25) is 4.79 Å². The van der Waals surface area contributed by atoms with Gasteiger partial charge < -0.3 is 9.47 Å². The summed E-state index contributed by atoms with van der Waals surface area (Å²) in [6, 6.07) is 9.49. The highest BCUT2D eigenvalue weighted by Crippen LogP contribution is 2.34. The third-order valence-electron chi connectivity index (χ3n) is 3.28. The highest BCUT2D eigenvalue weighted by molar-refractivity contribution is 5.95. The number of carbonyl (C=O) groups excluding carboxylic acids is 2. The molecule has 1 fully saturated rings. The molecule has 0 radical (unpaired) electrons. The smallest absolute Gasteiger partial charge is 0.416 e. The average molecular weight is 259 g/mol. The molecule has 0 N–H and O–H groups in total. The monoisotopic (exact) mass is 259 g/mol. The first kappa shape index (κ1) is 11.8. The predicted octanol–water partition coefficient (Wildman–Crippen LogP) is 1.87. The van der Waals surface area contributed by atoms with Crippen molar-refractivity contribution in [3.8, 4) is 0 Å². The van der Waals surface area contributed by atoms with Gasteiger partial charge in [0.2, 0.25) is 5.91 Å². The van der Waals surface area contributed by atoms with Crippen molar-refractivity contribution in [3.05, 3.63) is 48.2 Å². The van der Waals surface area contributed by atoms with E-state index < -0.39 is 12.0 Å². The lowest BCUT2D eigenvalue weighted by Gasteiger charge is -2.21. The number of amides is 2.